The van der Waals surface area contributed by atoms with Gasteiger partial charge in [0, 0.05) is 12.4 Å². The molecule has 0 amide bonds. The Labute approximate surface area is 121 Å². The Morgan fingerprint density at radius 2 is 2.40 bits per heavy atom. The van der Waals surface area contributed by atoms with Gasteiger partial charge in [0.15, 0.2) is 0 Å². The molecule has 3 rings (SSSR count). The van der Waals surface area contributed by atoms with Crippen LogP contribution in [0, 0.1) is 6.92 Å². The second-order valence-corrected chi connectivity index (χ2v) is 5.72. The van der Waals surface area contributed by atoms with E-state index in [9.17, 15) is 0 Å². The number of rotatable bonds is 5. The zero-order valence-corrected chi connectivity index (χ0v) is 12.2. The molecule has 1 N–H and O–H groups in total. The number of aromatic nitrogens is 3. The largest absolute Gasteiger partial charge is 0.462 e. The van der Waals surface area contributed by atoms with Crippen LogP contribution in [0.5, 0.6) is 0 Å². The van der Waals surface area contributed by atoms with E-state index in [0.29, 0.717) is 6.10 Å². The number of aryl methyl sites for hydroxylation is 1. The molecule has 1 saturated heterocycles. The highest BCUT2D eigenvalue weighted by Crippen LogP contribution is 2.21. The summed E-state index contributed by atoms with van der Waals surface area (Å²) in [6.07, 6.45) is 6.39. The number of nitrogens with zero attached hydrogens (tertiary/aromatic N) is 2. The van der Waals surface area contributed by atoms with Crippen LogP contribution in [0.3, 0.4) is 0 Å². The Bertz CT molecular complexity index is 585. The van der Waals surface area contributed by atoms with Crippen LogP contribution < -0.4 is 0 Å². The first-order valence-electron chi connectivity index (χ1n) is 6.71. The molecular formula is C14H17N3O2S. The van der Waals surface area contributed by atoms with Crippen molar-refractivity contribution in [3.8, 4) is 0 Å². The van der Waals surface area contributed by atoms with Crippen molar-refractivity contribution in [2.45, 2.75) is 31.0 Å². The van der Waals surface area contributed by atoms with Crippen molar-refractivity contribution in [1.29, 1.82) is 0 Å². The zero-order chi connectivity index (χ0) is 13.8. The van der Waals surface area contributed by atoms with Crippen molar-refractivity contribution in [2.24, 2.45) is 0 Å². The summed E-state index contributed by atoms with van der Waals surface area (Å²) in [6.45, 7) is 2.81. The van der Waals surface area contributed by atoms with E-state index in [1.54, 1.807) is 11.8 Å². The van der Waals surface area contributed by atoms with Crippen LogP contribution in [0.1, 0.15) is 30.2 Å². The fourth-order valence-electron chi connectivity index (χ4n) is 2.04. The van der Waals surface area contributed by atoms with Gasteiger partial charge in [-0.25, -0.2) is 4.98 Å². The average Bonchev–Trinajstić information content (AvgIpc) is 3.16. The number of nitrogens with one attached hydrogen (secondary N) is 1. The van der Waals surface area contributed by atoms with Gasteiger partial charge >= 0.3 is 0 Å². The monoisotopic (exact) mass is 291 g/mol. The van der Waals surface area contributed by atoms with Crippen molar-refractivity contribution in [2.75, 3.05) is 12.4 Å². The third-order valence-electron chi connectivity index (χ3n) is 3.07. The molecule has 2 aromatic heterocycles. The topological polar surface area (TPSA) is 63.9 Å². The number of thioether (sulfide) groups is 1. The SMILES string of the molecule is Cc1ccc(C=Cc2nc(SCC3CCCO3)n[nH]2)o1. The number of aromatic amines is 1. The number of hydrogen-bond donors (Lipinski definition) is 1. The molecule has 5 nitrogen and oxygen atoms in total. The molecule has 0 aromatic carbocycles. The van der Waals surface area contributed by atoms with Gasteiger partial charge in [0.2, 0.25) is 5.16 Å². The fraction of sp³-hybridized carbons (Fsp3) is 0.429. The molecule has 0 spiro atoms. The lowest BCUT2D eigenvalue weighted by Crippen LogP contribution is -2.07. The Morgan fingerprint density at radius 3 is 3.15 bits per heavy atom. The highest BCUT2D eigenvalue weighted by Gasteiger charge is 2.16. The second kappa shape index (κ2) is 6.28. The van der Waals surface area contributed by atoms with E-state index in [1.807, 2.05) is 31.2 Å². The summed E-state index contributed by atoms with van der Waals surface area (Å²) in [5, 5.41) is 7.85. The minimum absolute atomic E-state index is 0.351. The predicted octanol–water partition coefficient (Wildman–Crippen LogP) is 3.15. The lowest BCUT2D eigenvalue weighted by molar-refractivity contribution is 0.129. The lowest BCUT2D eigenvalue weighted by atomic mass is 10.3. The predicted molar refractivity (Wildman–Crippen MR) is 78.5 cm³/mol. The summed E-state index contributed by atoms with van der Waals surface area (Å²) in [7, 11) is 0. The first kappa shape index (κ1) is 13.5. The number of furan rings is 1. The molecule has 1 unspecified atom stereocenters. The molecule has 1 atom stereocenters. The lowest BCUT2D eigenvalue weighted by Gasteiger charge is -2.05. The minimum Gasteiger partial charge on any atom is -0.462 e. The third-order valence-corrected chi connectivity index (χ3v) is 4.05. The highest BCUT2D eigenvalue weighted by atomic mass is 32.2. The van der Waals surface area contributed by atoms with Crippen molar-refractivity contribution in [1.82, 2.24) is 15.2 Å². The van der Waals surface area contributed by atoms with Gasteiger partial charge in [0.05, 0.1) is 6.10 Å². The Morgan fingerprint density at radius 1 is 1.45 bits per heavy atom. The van der Waals surface area contributed by atoms with E-state index in [4.69, 9.17) is 9.15 Å². The smallest absolute Gasteiger partial charge is 0.208 e. The van der Waals surface area contributed by atoms with Crippen molar-refractivity contribution in [3.05, 3.63) is 29.5 Å². The molecule has 20 heavy (non-hydrogen) atoms. The molecule has 106 valence electrons. The van der Waals surface area contributed by atoms with Gasteiger partial charge in [-0.05, 0) is 44.1 Å². The fourth-order valence-corrected chi connectivity index (χ4v) is 2.92. The average molecular weight is 291 g/mol. The Hall–Kier alpha value is -1.53. The van der Waals surface area contributed by atoms with Crippen LogP contribution in [-0.2, 0) is 4.74 Å². The highest BCUT2D eigenvalue weighted by molar-refractivity contribution is 7.99. The van der Waals surface area contributed by atoms with E-state index in [2.05, 4.69) is 15.2 Å². The summed E-state index contributed by atoms with van der Waals surface area (Å²) in [5.74, 6) is 3.36. The molecule has 0 bridgehead atoms. The normalized spacial score (nSPS) is 19.1. The maximum absolute atomic E-state index is 5.58. The molecule has 1 aliphatic heterocycles. The van der Waals surface area contributed by atoms with Gasteiger partial charge in [-0.3, -0.25) is 5.10 Å². The number of H-pyrrole nitrogens is 1. The van der Waals surface area contributed by atoms with Gasteiger partial charge in [-0.2, -0.15) is 0 Å². The molecule has 0 saturated carbocycles. The van der Waals surface area contributed by atoms with E-state index in [1.165, 1.54) is 0 Å². The minimum atomic E-state index is 0.351. The van der Waals surface area contributed by atoms with Crippen molar-refractivity contribution in [3.63, 3.8) is 0 Å². The van der Waals surface area contributed by atoms with Gasteiger partial charge in [-0.15, -0.1) is 5.10 Å². The maximum atomic E-state index is 5.58. The third kappa shape index (κ3) is 3.52. The summed E-state index contributed by atoms with van der Waals surface area (Å²) < 4.78 is 11.0. The van der Waals surface area contributed by atoms with Crippen LogP contribution in [-0.4, -0.2) is 33.6 Å². The van der Waals surface area contributed by atoms with E-state index >= 15 is 0 Å². The van der Waals surface area contributed by atoms with Crippen LogP contribution in [0.25, 0.3) is 12.2 Å². The van der Waals surface area contributed by atoms with Crippen LogP contribution in [0.15, 0.2) is 21.7 Å². The molecule has 6 heteroatoms. The van der Waals surface area contributed by atoms with Gasteiger partial charge in [-0.1, -0.05) is 11.8 Å². The van der Waals surface area contributed by atoms with Gasteiger partial charge in [0.25, 0.3) is 0 Å². The van der Waals surface area contributed by atoms with Gasteiger partial charge in [0.1, 0.15) is 17.3 Å². The summed E-state index contributed by atoms with van der Waals surface area (Å²) >= 11 is 1.63. The van der Waals surface area contributed by atoms with Crippen molar-refractivity contribution < 1.29 is 9.15 Å². The molecule has 0 aliphatic carbocycles. The summed E-state index contributed by atoms with van der Waals surface area (Å²) in [4.78, 5) is 4.41. The van der Waals surface area contributed by atoms with Crippen LogP contribution in [0.2, 0.25) is 0 Å². The Balaban J connectivity index is 1.54. The first-order chi connectivity index (χ1) is 9.79. The second-order valence-electron chi connectivity index (χ2n) is 4.73. The summed E-state index contributed by atoms with van der Waals surface area (Å²) in [5.41, 5.74) is 0. The van der Waals surface area contributed by atoms with Crippen LogP contribution >= 0.6 is 11.8 Å². The molecular weight excluding hydrogens is 274 g/mol. The summed E-state index contributed by atoms with van der Waals surface area (Å²) in [6, 6.07) is 3.86. The first-order valence-corrected chi connectivity index (χ1v) is 7.69. The maximum Gasteiger partial charge on any atom is 0.208 e. The Kier molecular flexibility index (Phi) is 4.22. The number of ether oxygens (including phenoxy) is 1. The van der Waals surface area contributed by atoms with E-state index < -0.39 is 0 Å². The molecule has 3 heterocycles. The standard InChI is InChI=1S/C14H17N3O2S/c1-10-4-5-11(19-10)6-7-13-15-14(17-16-13)20-9-12-3-2-8-18-12/h4-7,12H,2-3,8-9H2,1H3,(H,15,16,17). The van der Waals surface area contributed by atoms with Crippen molar-refractivity contribution >= 4 is 23.9 Å². The van der Waals surface area contributed by atoms with Crippen LogP contribution in [0.4, 0.5) is 0 Å². The van der Waals surface area contributed by atoms with E-state index in [-0.39, 0.29) is 0 Å². The van der Waals surface area contributed by atoms with Gasteiger partial charge < -0.3 is 9.15 Å². The van der Waals surface area contributed by atoms with E-state index in [0.717, 1.165) is 47.7 Å². The molecule has 2 aromatic rings. The quantitative estimate of drug-likeness (QED) is 0.857. The molecule has 1 fully saturated rings. The number of hydrogen-bond acceptors (Lipinski definition) is 5. The molecule has 0 radical (unpaired) electrons. The molecule has 1 aliphatic rings. The zero-order valence-electron chi connectivity index (χ0n) is 11.3.